The second kappa shape index (κ2) is 5.62. The van der Waals surface area contributed by atoms with E-state index in [0.29, 0.717) is 0 Å². The van der Waals surface area contributed by atoms with E-state index in [4.69, 9.17) is 0 Å². The molecule has 0 bridgehead atoms. The van der Waals surface area contributed by atoms with Gasteiger partial charge >= 0.3 is 0 Å². The second-order valence-corrected chi connectivity index (χ2v) is 7.10. The zero-order valence-corrected chi connectivity index (χ0v) is 13.2. The van der Waals surface area contributed by atoms with Gasteiger partial charge in [0.1, 0.15) is 0 Å². The van der Waals surface area contributed by atoms with Gasteiger partial charge in [-0.25, -0.2) is 0 Å². The topological polar surface area (TPSA) is 29.1 Å². The minimum atomic E-state index is 0.0567. The largest absolute Gasteiger partial charge is 0.349 e. The van der Waals surface area contributed by atoms with Crippen molar-refractivity contribution in [3.05, 3.63) is 40.8 Å². The predicted molar refractivity (Wildman–Crippen MR) is 86.5 cm³/mol. The molecule has 0 saturated heterocycles. The summed E-state index contributed by atoms with van der Waals surface area (Å²) < 4.78 is 0. The highest BCUT2D eigenvalue weighted by Crippen LogP contribution is 2.45. The lowest BCUT2D eigenvalue weighted by atomic mass is 10.1. The lowest BCUT2D eigenvalue weighted by Gasteiger charge is -2.14. The normalized spacial score (nSPS) is 14.3. The Morgan fingerprint density at radius 3 is 3.00 bits per heavy atom. The van der Waals surface area contributed by atoms with Crippen molar-refractivity contribution in [1.29, 1.82) is 0 Å². The van der Waals surface area contributed by atoms with Gasteiger partial charge < -0.3 is 5.32 Å². The van der Waals surface area contributed by atoms with Crippen molar-refractivity contribution >= 4 is 29.0 Å². The fourth-order valence-corrected chi connectivity index (χ4v) is 4.53. The molecular weight excluding hydrogens is 286 g/mol. The number of nitrogens with one attached hydrogen (secondary N) is 1. The van der Waals surface area contributed by atoms with Gasteiger partial charge in [0.25, 0.3) is 5.91 Å². The molecule has 0 fully saturated rings. The van der Waals surface area contributed by atoms with E-state index in [1.54, 1.807) is 11.3 Å². The van der Waals surface area contributed by atoms with Crippen molar-refractivity contribution in [1.82, 2.24) is 5.32 Å². The lowest BCUT2D eigenvalue weighted by Crippen LogP contribution is -2.31. The third-order valence-electron chi connectivity index (χ3n) is 3.54. The van der Waals surface area contributed by atoms with Crippen LogP contribution in [0.25, 0.3) is 10.4 Å². The molecule has 2 aromatic rings. The van der Waals surface area contributed by atoms with Crippen LogP contribution in [-0.2, 0) is 5.75 Å². The van der Waals surface area contributed by atoms with Crippen molar-refractivity contribution in [3.8, 4) is 10.4 Å². The van der Waals surface area contributed by atoms with Crippen molar-refractivity contribution in [2.45, 2.75) is 37.0 Å². The summed E-state index contributed by atoms with van der Waals surface area (Å²) in [5.41, 5.74) is 2.55. The molecule has 1 amide bonds. The number of carbonyl (C=O) groups is 1. The van der Waals surface area contributed by atoms with Crippen LogP contribution in [0.2, 0.25) is 0 Å². The van der Waals surface area contributed by atoms with Gasteiger partial charge in [-0.2, -0.15) is 0 Å². The highest BCUT2D eigenvalue weighted by Gasteiger charge is 2.22. The van der Waals surface area contributed by atoms with E-state index in [0.717, 1.165) is 17.1 Å². The Morgan fingerprint density at radius 1 is 1.40 bits per heavy atom. The zero-order chi connectivity index (χ0) is 14.1. The molecule has 2 nitrogen and oxygen atoms in total. The van der Waals surface area contributed by atoms with Gasteiger partial charge in [0.2, 0.25) is 0 Å². The van der Waals surface area contributed by atoms with Gasteiger partial charge in [0, 0.05) is 27.1 Å². The molecule has 1 atom stereocenters. The molecule has 20 heavy (non-hydrogen) atoms. The summed E-state index contributed by atoms with van der Waals surface area (Å²) in [4.78, 5) is 15.6. The molecule has 0 radical (unpaired) electrons. The molecule has 0 aliphatic carbocycles. The smallest absolute Gasteiger partial charge is 0.261 e. The van der Waals surface area contributed by atoms with E-state index >= 15 is 0 Å². The molecule has 0 unspecified atom stereocenters. The van der Waals surface area contributed by atoms with Gasteiger partial charge in [-0.15, -0.1) is 23.1 Å². The average molecular weight is 303 g/mol. The highest BCUT2D eigenvalue weighted by atomic mass is 32.2. The first-order valence-corrected chi connectivity index (χ1v) is 8.65. The van der Waals surface area contributed by atoms with Crippen LogP contribution in [0.4, 0.5) is 0 Å². The van der Waals surface area contributed by atoms with Crippen LogP contribution in [-0.4, -0.2) is 11.9 Å². The maximum atomic E-state index is 12.2. The molecule has 1 aliphatic heterocycles. The van der Waals surface area contributed by atoms with Gasteiger partial charge in [-0.3, -0.25) is 4.79 Å². The molecule has 1 aliphatic rings. The van der Waals surface area contributed by atoms with Crippen LogP contribution >= 0.6 is 23.1 Å². The number of benzene rings is 1. The molecule has 1 N–H and O–H groups in total. The van der Waals surface area contributed by atoms with Crippen molar-refractivity contribution in [3.63, 3.8) is 0 Å². The Morgan fingerprint density at radius 2 is 2.20 bits per heavy atom. The summed E-state index contributed by atoms with van der Waals surface area (Å²) in [6, 6.07) is 10.7. The van der Waals surface area contributed by atoms with Gasteiger partial charge in [-0.1, -0.05) is 25.1 Å². The minimum absolute atomic E-state index is 0.0567. The van der Waals surface area contributed by atoms with Gasteiger partial charge in [-0.05, 0) is 31.0 Å². The lowest BCUT2D eigenvalue weighted by molar-refractivity contribution is 0.0943. The van der Waals surface area contributed by atoms with Crippen LogP contribution in [0.5, 0.6) is 0 Å². The Hall–Kier alpha value is -1.26. The maximum Gasteiger partial charge on any atom is 0.261 e. The van der Waals surface area contributed by atoms with E-state index in [1.807, 2.05) is 18.7 Å². The summed E-state index contributed by atoms with van der Waals surface area (Å²) >= 11 is 3.46. The Balaban J connectivity index is 1.92. The third kappa shape index (κ3) is 2.50. The van der Waals surface area contributed by atoms with Crippen LogP contribution in [0.1, 0.15) is 35.5 Å². The summed E-state index contributed by atoms with van der Waals surface area (Å²) in [6.07, 6.45) is 0.954. The first-order valence-electron chi connectivity index (χ1n) is 6.84. The fraction of sp³-hybridized carbons (Fsp3) is 0.312. The van der Waals surface area contributed by atoms with Crippen molar-refractivity contribution in [2.75, 3.05) is 0 Å². The average Bonchev–Trinajstić information content (AvgIpc) is 2.91. The molecule has 104 valence electrons. The first kappa shape index (κ1) is 13.7. The SMILES string of the molecule is CC[C@@H](C)NC(=O)c1cc2c(s1)-c1ccccc1SC2. The maximum absolute atomic E-state index is 12.2. The van der Waals surface area contributed by atoms with E-state index < -0.39 is 0 Å². The molecule has 4 heteroatoms. The van der Waals surface area contributed by atoms with Gasteiger partial charge in [0.05, 0.1) is 4.88 Å². The number of thioether (sulfide) groups is 1. The molecule has 1 aromatic heterocycles. The van der Waals surface area contributed by atoms with E-state index in [9.17, 15) is 4.79 Å². The zero-order valence-electron chi connectivity index (χ0n) is 11.6. The number of hydrogen-bond acceptors (Lipinski definition) is 3. The summed E-state index contributed by atoms with van der Waals surface area (Å²) in [5.74, 6) is 1.01. The second-order valence-electron chi connectivity index (χ2n) is 5.03. The first-order chi connectivity index (χ1) is 9.69. The number of fused-ring (bicyclic) bond motifs is 3. The molecule has 1 aromatic carbocycles. The molecule has 2 heterocycles. The van der Waals surface area contributed by atoms with Gasteiger partial charge in [0.15, 0.2) is 0 Å². The van der Waals surface area contributed by atoms with Crippen molar-refractivity contribution < 1.29 is 4.79 Å². The highest BCUT2D eigenvalue weighted by molar-refractivity contribution is 7.98. The molecule has 3 rings (SSSR count). The number of hydrogen-bond donors (Lipinski definition) is 1. The van der Waals surface area contributed by atoms with Crippen molar-refractivity contribution in [2.24, 2.45) is 0 Å². The molecule has 0 spiro atoms. The Bertz CT molecular complexity index is 648. The van der Waals surface area contributed by atoms with E-state index in [2.05, 4.69) is 42.6 Å². The summed E-state index contributed by atoms with van der Waals surface area (Å²) in [7, 11) is 0. The Labute approximate surface area is 127 Å². The monoisotopic (exact) mass is 303 g/mol. The van der Waals surface area contributed by atoms with Crippen LogP contribution < -0.4 is 5.32 Å². The van der Waals surface area contributed by atoms with Crippen LogP contribution in [0.3, 0.4) is 0 Å². The number of thiophene rings is 1. The quantitative estimate of drug-likeness (QED) is 0.901. The predicted octanol–water partition coefficient (Wildman–Crippen LogP) is 4.55. The molecule has 0 saturated carbocycles. The molecular formula is C16H17NOS2. The van der Waals surface area contributed by atoms with Crippen LogP contribution in [0, 0.1) is 0 Å². The number of amides is 1. The number of carbonyl (C=O) groups excluding carboxylic acids is 1. The van der Waals surface area contributed by atoms with Crippen LogP contribution in [0.15, 0.2) is 35.2 Å². The summed E-state index contributed by atoms with van der Waals surface area (Å²) in [5, 5.41) is 3.04. The third-order valence-corrected chi connectivity index (χ3v) is 5.87. The van der Waals surface area contributed by atoms with E-state index in [-0.39, 0.29) is 11.9 Å². The fourth-order valence-electron chi connectivity index (χ4n) is 2.21. The summed E-state index contributed by atoms with van der Waals surface area (Å²) in [6.45, 7) is 4.12. The number of rotatable bonds is 3. The Kier molecular flexibility index (Phi) is 3.85. The standard InChI is InChI=1S/C16H17NOS2/c1-3-10(2)17-16(18)14-8-11-9-19-13-7-5-4-6-12(13)15(11)20-14/h4-8,10H,3,9H2,1-2H3,(H,17,18)/t10-/m1/s1. The minimum Gasteiger partial charge on any atom is -0.349 e. The van der Waals surface area contributed by atoms with E-state index in [1.165, 1.54) is 20.9 Å².